The van der Waals surface area contributed by atoms with Crippen molar-refractivity contribution in [3.05, 3.63) is 39.9 Å². The van der Waals surface area contributed by atoms with Gasteiger partial charge >= 0.3 is 37.9 Å². The van der Waals surface area contributed by atoms with Crippen molar-refractivity contribution in [2.45, 2.75) is 26.7 Å². The van der Waals surface area contributed by atoms with Gasteiger partial charge in [-0.15, -0.1) is 28.5 Å². The molecule has 2 aromatic rings. The van der Waals surface area contributed by atoms with E-state index in [9.17, 15) is 0 Å². The number of aryl methyl sites for hydroxylation is 1. The molecule has 17 heavy (non-hydrogen) atoms. The molecule has 92 valence electrons. The van der Waals surface area contributed by atoms with E-state index in [1.165, 1.54) is 26.4 Å². The zero-order valence-electron chi connectivity index (χ0n) is 10.0. The molecule has 0 aliphatic carbocycles. The van der Waals surface area contributed by atoms with Crippen LogP contribution in [-0.2, 0) is 20.8 Å². The van der Waals surface area contributed by atoms with Crippen LogP contribution in [-0.4, -0.2) is 0 Å². The SMILES string of the molecule is Cc1cc2c(Br)cc(C(C)C)cc2[cH-]1.[Cl][Zr][Cl]. The summed E-state index contributed by atoms with van der Waals surface area (Å²) in [6.07, 6.45) is 0. The van der Waals surface area contributed by atoms with Gasteiger partial charge in [0.1, 0.15) is 0 Å². The van der Waals surface area contributed by atoms with Crippen molar-refractivity contribution in [2.24, 2.45) is 0 Å². The molecule has 2 rings (SSSR count). The number of benzene rings is 1. The van der Waals surface area contributed by atoms with Crippen LogP contribution in [0.5, 0.6) is 0 Å². The summed E-state index contributed by atoms with van der Waals surface area (Å²) in [6.45, 7) is 6.59. The molecule has 4 heteroatoms. The van der Waals surface area contributed by atoms with Gasteiger partial charge in [-0.25, -0.2) is 0 Å². The minimum absolute atomic E-state index is 0.589. The third-order valence-corrected chi connectivity index (χ3v) is 3.26. The molecule has 0 amide bonds. The molecule has 0 saturated carbocycles. The van der Waals surface area contributed by atoms with Crippen LogP contribution in [0, 0.1) is 6.92 Å². The molecule has 0 nitrogen and oxygen atoms in total. The summed E-state index contributed by atoms with van der Waals surface area (Å²) in [5.74, 6) is 0.589. The first-order valence-corrected chi connectivity index (χ1v) is 12.4. The van der Waals surface area contributed by atoms with Crippen molar-refractivity contribution in [1.82, 2.24) is 0 Å². The summed E-state index contributed by atoms with van der Waals surface area (Å²) >= 11 is 2.80. The molecule has 0 atom stereocenters. The van der Waals surface area contributed by atoms with Crippen LogP contribution in [0.1, 0.15) is 30.9 Å². The van der Waals surface area contributed by atoms with Crippen LogP contribution < -0.4 is 0 Å². The monoisotopic (exact) mass is 409 g/mol. The van der Waals surface area contributed by atoms with E-state index < -0.39 is 20.8 Å². The van der Waals surface area contributed by atoms with Crippen molar-refractivity contribution >= 4 is 43.7 Å². The first kappa shape index (κ1) is 15.8. The Morgan fingerprint density at radius 2 is 1.82 bits per heavy atom. The van der Waals surface area contributed by atoms with Crippen molar-refractivity contribution in [3.8, 4) is 0 Å². The van der Waals surface area contributed by atoms with Gasteiger partial charge in [0.15, 0.2) is 0 Å². The predicted octanol–water partition coefficient (Wildman–Crippen LogP) is 6.13. The molecule has 0 aliphatic heterocycles. The van der Waals surface area contributed by atoms with E-state index in [2.05, 4.69) is 61.0 Å². The van der Waals surface area contributed by atoms with E-state index in [4.69, 9.17) is 17.0 Å². The Kier molecular flexibility index (Phi) is 6.88. The van der Waals surface area contributed by atoms with Gasteiger partial charge in [-0.05, 0) is 10.4 Å². The normalized spacial score (nSPS) is 10.3. The van der Waals surface area contributed by atoms with E-state index in [1.807, 2.05) is 0 Å². The van der Waals surface area contributed by atoms with Crippen LogP contribution in [0.4, 0.5) is 0 Å². The van der Waals surface area contributed by atoms with Gasteiger partial charge in [0.05, 0.1) is 0 Å². The van der Waals surface area contributed by atoms with Gasteiger partial charge < -0.3 is 0 Å². The fourth-order valence-electron chi connectivity index (χ4n) is 1.78. The van der Waals surface area contributed by atoms with Crippen molar-refractivity contribution in [3.63, 3.8) is 0 Å². The molecule has 0 bridgehead atoms. The van der Waals surface area contributed by atoms with Gasteiger partial charge in [-0.3, -0.25) is 0 Å². The quantitative estimate of drug-likeness (QED) is 0.495. The molecule has 2 aromatic carbocycles. The molecule has 0 aliphatic rings. The van der Waals surface area contributed by atoms with Gasteiger partial charge in [0.25, 0.3) is 0 Å². The maximum absolute atomic E-state index is 4.93. The first-order valence-electron chi connectivity index (χ1n) is 5.32. The molecule has 0 heterocycles. The predicted molar refractivity (Wildman–Crippen MR) is 77.8 cm³/mol. The summed E-state index contributed by atoms with van der Waals surface area (Å²) in [5.41, 5.74) is 2.73. The topological polar surface area (TPSA) is 0 Å². The fraction of sp³-hybridized carbons (Fsp3) is 0.308. The molecule has 0 fully saturated rings. The second-order valence-electron chi connectivity index (χ2n) is 4.26. The molecule has 0 saturated heterocycles. The van der Waals surface area contributed by atoms with Gasteiger partial charge in [0, 0.05) is 0 Å². The van der Waals surface area contributed by atoms with Crippen molar-refractivity contribution in [1.29, 1.82) is 0 Å². The molecular formula is C13H14BrCl2Zr-. The van der Waals surface area contributed by atoms with Crippen LogP contribution in [0.2, 0.25) is 0 Å². The van der Waals surface area contributed by atoms with Crippen LogP contribution >= 0.6 is 33.0 Å². The number of hydrogen-bond donors (Lipinski definition) is 0. The van der Waals surface area contributed by atoms with Crippen molar-refractivity contribution < 1.29 is 20.8 Å². The van der Waals surface area contributed by atoms with E-state index in [0.717, 1.165) is 0 Å². The van der Waals surface area contributed by atoms with E-state index in [-0.39, 0.29) is 0 Å². The Hall–Kier alpha value is 0.773. The van der Waals surface area contributed by atoms with Crippen LogP contribution in [0.3, 0.4) is 0 Å². The molecule has 0 N–H and O–H groups in total. The summed E-state index contributed by atoms with van der Waals surface area (Å²) in [4.78, 5) is 0. The first-order chi connectivity index (χ1) is 7.99. The Labute approximate surface area is 130 Å². The van der Waals surface area contributed by atoms with Gasteiger partial charge in [-0.1, -0.05) is 48.3 Å². The Balaban J connectivity index is 0.000000437. The molecule has 0 spiro atoms. The number of halogens is 3. The second-order valence-corrected chi connectivity index (χ2v) is 8.85. The number of fused-ring (bicyclic) bond motifs is 1. The molecule has 0 unspecified atom stereocenters. The third kappa shape index (κ3) is 4.42. The second kappa shape index (κ2) is 7.38. The molecule has 0 radical (unpaired) electrons. The van der Waals surface area contributed by atoms with Crippen LogP contribution in [0.25, 0.3) is 10.8 Å². The Bertz CT molecular complexity index is 491. The zero-order valence-corrected chi connectivity index (χ0v) is 15.6. The zero-order chi connectivity index (χ0) is 13.0. The average molecular weight is 412 g/mol. The summed E-state index contributed by atoms with van der Waals surface area (Å²) in [7, 11) is 9.87. The number of rotatable bonds is 1. The van der Waals surface area contributed by atoms with E-state index >= 15 is 0 Å². The molecular weight excluding hydrogens is 398 g/mol. The minimum atomic E-state index is -0.826. The standard InChI is InChI=1S/C13H14Br.2ClH.Zr/c1-8(2)10-6-11-4-9(3)5-12(11)13(14)7-10;;;/h4-8H,1-3H3;2*1H;/q-1;;;+2/p-2. The maximum atomic E-state index is 4.93. The van der Waals surface area contributed by atoms with Gasteiger partial charge in [-0.2, -0.15) is 6.07 Å². The summed E-state index contributed by atoms with van der Waals surface area (Å²) in [6, 6.07) is 8.99. The summed E-state index contributed by atoms with van der Waals surface area (Å²) in [5, 5.41) is 2.67. The van der Waals surface area contributed by atoms with Crippen molar-refractivity contribution in [2.75, 3.05) is 0 Å². The van der Waals surface area contributed by atoms with Gasteiger partial charge in [0.2, 0.25) is 0 Å². The fourth-order valence-corrected chi connectivity index (χ4v) is 2.39. The Morgan fingerprint density at radius 1 is 1.24 bits per heavy atom. The Morgan fingerprint density at radius 3 is 2.35 bits per heavy atom. The van der Waals surface area contributed by atoms with E-state index in [0.29, 0.717) is 5.92 Å². The third-order valence-electron chi connectivity index (χ3n) is 2.61. The van der Waals surface area contributed by atoms with E-state index in [1.54, 1.807) is 0 Å². The van der Waals surface area contributed by atoms with Crippen LogP contribution in [0.15, 0.2) is 28.7 Å². The molecule has 0 aromatic heterocycles. The number of hydrogen-bond acceptors (Lipinski definition) is 0. The summed E-state index contributed by atoms with van der Waals surface area (Å²) < 4.78 is 1.21. The average Bonchev–Trinajstić information content (AvgIpc) is 2.60.